The van der Waals surface area contributed by atoms with E-state index >= 15 is 0 Å². The summed E-state index contributed by atoms with van der Waals surface area (Å²) in [4.78, 5) is 24.7. The van der Waals surface area contributed by atoms with E-state index in [0.717, 1.165) is 12.1 Å². The summed E-state index contributed by atoms with van der Waals surface area (Å²) >= 11 is 1.95. The Balaban J connectivity index is 1.64. The minimum Gasteiger partial charge on any atom is -0.456 e. The molecule has 0 radical (unpaired) electrons. The molecule has 0 spiro atoms. The Labute approximate surface area is 211 Å². The molecule has 35 heavy (non-hydrogen) atoms. The van der Waals surface area contributed by atoms with Crippen LogP contribution in [0.25, 0.3) is 0 Å². The highest BCUT2D eigenvalue weighted by atomic mass is 127. The normalized spacial score (nSPS) is 10.6. The topological polar surface area (TPSA) is 119 Å². The number of benzene rings is 3. The second-order valence-corrected chi connectivity index (χ2v) is 8.58. The number of amides is 2. The fourth-order valence-corrected chi connectivity index (χ4v) is 3.68. The zero-order chi connectivity index (χ0) is 25.1. The summed E-state index contributed by atoms with van der Waals surface area (Å²) in [6, 6.07) is 12.6. The second-order valence-electron chi connectivity index (χ2n) is 7.34. The summed E-state index contributed by atoms with van der Waals surface area (Å²) in [5.41, 5.74) is 6.37. The fourth-order valence-electron chi connectivity index (χ4n) is 3.22. The maximum atomic E-state index is 14.4. The summed E-state index contributed by atoms with van der Waals surface area (Å²) in [5.74, 6) is -2.71. The molecule has 0 bridgehead atoms. The van der Waals surface area contributed by atoms with Gasteiger partial charge in [-0.05, 0) is 65.9 Å². The lowest BCUT2D eigenvalue weighted by atomic mass is 10.1. The SMILES string of the molecule is Cc1nocc1C(=O)Nc1cccc(Oc2cc(F)cc(Nc3ccc(I)cc3F)c2C(N)=O)c1. The molecule has 3 aromatic carbocycles. The fraction of sp³-hybridized carbons (Fsp3) is 0.0417. The maximum Gasteiger partial charge on any atom is 0.260 e. The number of rotatable bonds is 7. The van der Waals surface area contributed by atoms with E-state index in [1.165, 1.54) is 24.5 Å². The molecule has 1 aromatic heterocycles. The van der Waals surface area contributed by atoms with Crippen LogP contribution < -0.4 is 21.1 Å². The third kappa shape index (κ3) is 5.57. The summed E-state index contributed by atoms with van der Waals surface area (Å²) in [6.07, 6.45) is 1.22. The molecule has 178 valence electrons. The van der Waals surface area contributed by atoms with Crippen LogP contribution >= 0.6 is 22.6 Å². The van der Waals surface area contributed by atoms with Gasteiger partial charge in [-0.2, -0.15) is 0 Å². The molecule has 8 nitrogen and oxygen atoms in total. The molecule has 2 amide bonds. The van der Waals surface area contributed by atoms with Gasteiger partial charge in [0, 0.05) is 21.4 Å². The molecule has 4 rings (SSSR count). The van der Waals surface area contributed by atoms with Crippen molar-refractivity contribution in [1.29, 1.82) is 0 Å². The van der Waals surface area contributed by atoms with Crippen molar-refractivity contribution in [3.05, 3.63) is 92.9 Å². The van der Waals surface area contributed by atoms with Crippen LogP contribution in [0.2, 0.25) is 0 Å². The van der Waals surface area contributed by atoms with Gasteiger partial charge in [0.05, 0.1) is 17.1 Å². The van der Waals surface area contributed by atoms with Gasteiger partial charge in [0.25, 0.3) is 11.8 Å². The smallest absolute Gasteiger partial charge is 0.260 e. The Hall–Kier alpha value is -4.00. The van der Waals surface area contributed by atoms with Gasteiger partial charge in [-0.3, -0.25) is 9.59 Å². The maximum absolute atomic E-state index is 14.4. The standard InChI is InChI=1S/C24H17F2IN4O4/c1-12-17(11-34-31-12)24(33)29-15-3-2-4-16(10-15)35-21-8-13(25)7-20(22(21)23(28)32)30-19-6-5-14(27)9-18(19)26/h2-11,30H,1H3,(H2,28,32)(H,29,33). The summed E-state index contributed by atoms with van der Waals surface area (Å²) in [7, 11) is 0. The van der Waals surface area contributed by atoms with Crippen molar-refractivity contribution in [3.63, 3.8) is 0 Å². The number of anilines is 3. The van der Waals surface area contributed by atoms with Gasteiger partial charge in [-0.25, -0.2) is 8.78 Å². The van der Waals surface area contributed by atoms with Gasteiger partial charge >= 0.3 is 0 Å². The molecule has 0 atom stereocenters. The van der Waals surface area contributed by atoms with Crippen LogP contribution in [0.5, 0.6) is 11.5 Å². The molecular weight excluding hydrogens is 573 g/mol. The number of nitrogens with zero attached hydrogens (tertiary/aromatic N) is 1. The predicted molar refractivity (Wildman–Crippen MR) is 133 cm³/mol. The molecule has 0 saturated heterocycles. The number of hydrogen-bond donors (Lipinski definition) is 3. The van der Waals surface area contributed by atoms with Crippen molar-refractivity contribution >= 4 is 51.5 Å². The highest BCUT2D eigenvalue weighted by Gasteiger charge is 2.20. The molecule has 4 aromatic rings. The number of halogens is 3. The lowest BCUT2D eigenvalue weighted by molar-refractivity contribution is 0.0996. The number of nitrogens with one attached hydrogen (secondary N) is 2. The number of nitrogens with two attached hydrogens (primary N) is 1. The Morgan fingerprint density at radius 1 is 1.09 bits per heavy atom. The number of aryl methyl sites for hydroxylation is 1. The Morgan fingerprint density at radius 2 is 1.89 bits per heavy atom. The van der Waals surface area contributed by atoms with Crippen molar-refractivity contribution in [2.45, 2.75) is 6.92 Å². The van der Waals surface area contributed by atoms with Crippen LogP contribution in [0.3, 0.4) is 0 Å². The molecule has 0 unspecified atom stereocenters. The van der Waals surface area contributed by atoms with Crippen LogP contribution in [-0.4, -0.2) is 17.0 Å². The van der Waals surface area contributed by atoms with Crippen LogP contribution in [0.1, 0.15) is 26.4 Å². The van der Waals surface area contributed by atoms with E-state index in [1.807, 2.05) is 22.6 Å². The van der Waals surface area contributed by atoms with Gasteiger partial charge in [0.15, 0.2) is 0 Å². The third-order valence-electron chi connectivity index (χ3n) is 4.83. The molecule has 0 aliphatic heterocycles. The third-order valence-corrected chi connectivity index (χ3v) is 5.50. The number of carbonyl (C=O) groups is 2. The molecule has 0 saturated carbocycles. The summed E-state index contributed by atoms with van der Waals surface area (Å²) < 4.78 is 40.0. The summed E-state index contributed by atoms with van der Waals surface area (Å²) in [5, 5.41) is 9.04. The Bertz CT molecular complexity index is 1440. The van der Waals surface area contributed by atoms with Crippen molar-refractivity contribution in [1.82, 2.24) is 5.16 Å². The van der Waals surface area contributed by atoms with E-state index in [2.05, 4.69) is 15.8 Å². The number of aromatic nitrogens is 1. The molecular formula is C24H17F2IN4O4. The lowest BCUT2D eigenvalue weighted by Crippen LogP contribution is -2.15. The number of ether oxygens (including phenoxy) is 1. The number of carbonyl (C=O) groups excluding carboxylic acids is 2. The first-order valence-electron chi connectivity index (χ1n) is 10.1. The minimum absolute atomic E-state index is 0.0261. The van der Waals surface area contributed by atoms with Gasteiger partial charge < -0.3 is 25.6 Å². The van der Waals surface area contributed by atoms with Gasteiger partial charge in [0.1, 0.15) is 40.5 Å². The summed E-state index contributed by atoms with van der Waals surface area (Å²) in [6.45, 7) is 1.63. The van der Waals surface area contributed by atoms with E-state index < -0.39 is 23.4 Å². The van der Waals surface area contributed by atoms with Crippen LogP contribution in [0.4, 0.5) is 25.8 Å². The molecule has 11 heteroatoms. The average Bonchev–Trinajstić information content (AvgIpc) is 3.21. The lowest BCUT2D eigenvalue weighted by Gasteiger charge is -2.16. The highest BCUT2D eigenvalue weighted by molar-refractivity contribution is 14.1. The van der Waals surface area contributed by atoms with E-state index in [9.17, 15) is 18.4 Å². The van der Waals surface area contributed by atoms with E-state index in [1.54, 1.807) is 31.2 Å². The largest absolute Gasteiger partial charge is 0.456 e. The molecule has 4 N–H and O–H groups in total. The molecule has 0 fully saturated rings. The van der Waals surface area contributed by atoms with Crippen molar-refractivity contribution < 1.29 is 27.6 Å². The monoisotopic (exact) mass is 590 g/mol. The molecule has 0 aliphatic rings. The van der Waals surface area contributed by atoms with E-state index in [0.29, 0.717) is 15.0 Å². The minimum atomic E-state index is -0.916. The zero-order valence-electron chi connectivity index (χ0n) is 18.1. The zero-order valence-corrected chi connectivity index (χ0v) is 20.2. The first kappa shape index (κ1) is 24.1. The van der Waals surface area contributed by atoms with Crippen LogP contribution in [0, 0.1) is 22.1 Å². The predicted octanol–water partition coefficient (Wildman–Crippen LogP) is 5.75. The quantitative estimate of drug-likeness (QED) is 0.236. The average molecular weight is 590 g/mol. The Morgan fingerprint density at radius 3 is 2.57 bits per heavy atom. The van der Waals surface area contributed by atoms with Gasteiger partial charge in [-0.1, -0.05) is 11.2 Å². The van der Waals surface area contributed by atoms with Crippen molar-refractivity contribution in [3.8, 4) is 11.5 Å². The van der Waals surface area contributed by atoms with E-state index in [4.69, 9.17) is 15.0 Å². The highest BCUT2D eigenvalue weighted by Crippen LogP contribution is 2.35. The van der Waals surface area contributed by atoms with Gasteiger partial charge in [0.2, 0.25) is 0 Å². The van der Waals surface area contributed by atoms with Crippen LogP contribution in [0.15, 0.2) is 65.4 Å². The Kier molecular flexibility index (Phi) is 6.96. The second kappa shape index (κ2) is 10.1. The van der Waals surface area contributed by atoms with Crippen LogP contribution in [-0.2, 0) is 0 Å². The first-order valence-corrected chi connectivity index (χ1v) is 11.1. The number of hydrogen-bond acceptors (Lipinski definition) is 6. The molecule has 0 aliphatic carbocycles. The van der Waals surface area contributed by atoms with E-state index in [-0.39, 0.29) is 34.0 Å². The van der Waals surface area contributed by atoms with Gasteiger partial charge in [-0.15, -0.1) is 0 Å². The number of primary amides is 1. The van der Waals surface area contributed by atoms with Crippen molar-refractivity contribution in [2.24, 2.45) is 5.73 Å². The molecule has 1 heterocycles. The van der Waals surface area contributed by atoms with Crippen molar-refractivity contribution in [2.75, 3.05) is 10.6 Å². The first-order chi connectivity index (χ1) is 16.7.